The van der Waals surface area contributed by atoms with Crippen LogP contribution < -0.4 is 29.7 Å². The van der Waals surface area contributed by atoms with Gasteiger partial charge in [0.05, 0.1) is 32.3 Å². The van der Waals surface area contributed by atoms with Gasteiger partial charge < -0.3 is 24.8 Å². The molecule has 1 fully saturated rings. The summed E-state index contributed by atoms with van der Waals surface area (Å²) >= 11 is 1.24. The van der Waals surface area contributed by atoms with Gasteiger partial charge in [0.15, 0.2) is 17.3 Å². The lowest BCUT2D eigenvalue weighted by Gasteiger charge is -2.15. The van der Waals surface area contributed by atoms with E-state index in [2.05, 4.69) is 10.6 Å². The van der Waals surface area contributed by atoms with Gasteiger partial charge in [-0.05, 0) is 91.4 Å². The number of anilines is 2. The fourth-order valence-corrected chi connectivity index (χ4v) is 6.14. The predicted molar refractivity (Wildman–Crippen MR) is 186 cm³/mol. The molecule has 4 aromatic carbocycles. The minimum Gasteiger partial charge on any atom is -0.493 e. The van der Waals surface area contributed by atoms with E-state index in [-0.39, 0.29) is 29.7 Å². The number of hydrogen-bond donors (Lipinski definition) is 2. The van der Waals surface area contributed by atoms with Crippen LogP contribution in [-0.2, 0) is 14.4 Å². The lowest BCUT2D eigenvalue weighted by molar-refractivity contribution is -0.121. The van der Waals surface area contributed by atoms with Gasteiger partial charge in [0.1, 0.15) is 5.70 Å². The van der Waals surface area contributed by atoms with Gasteiger partial charge in [0.25, 0.3) is 11.8 Å². The highest BCUT2D eigenvalue weighted by Gasteiger charge is 2.40. The number of rotatable bonds is 12. The monoisotopic (exact) mass is 679 g/mol. The number of imide groups is 1. The zero-order valence-corrected chi connectivity index (χ0v) is 28.0. The summed E-state index contributed by atoms with van der Waals surface area (Å²) in [4.78, 5) is 66.1. The van der Waals surface area contributed by atoms with Crippen LogP contribution in [0.15, 0.2) is 102 Å². The second kappa shape index (κ2) is 15.3. The zero-order valence-electron chi connectivity index (χ0n) is 27.1. The maximum absolute atomic E-state index is 13.6. The molecule has 5 rings (SSSR count). The number of hydrogen-bond acceptors (Lipinski definition) is 9. The van der Waals surface area contributed by atoms with Crippen LogP contribution in [0.4, 0.5) is 11.4 Å². The Labute approximate surface area is 287 Å². The van der Waals surface area contributed by atoms with E-state index in [4.69, 9.17) is 14.2 Å². The Morgan fingerprint density at radius 1 is 0.816 bits per heavy atom. The van der Waals surface area contributed by atoms with E-state index in [1.54, 1.807) is 91.0 Å². The van der Waals surface area contributed by atoms with E-state index in [1.807, 2.05) is 0 Å². The van der Waals surface area contributed by atoms with Crippen molar-refractivity contribution in [1.29, 1.82) is 0 Å². The highest BCUT2D eigenvalue weighted by molar-refractivity contribution is 8.00. The second-order valence-electron chi connectivity index (χ2n) is 10.8. The Hall–Kier alpha value is -5.88. The third-order valence-corrected chi connectivity index (χ3v) is 8.75. The van der Waals surface area contributed by atoms with Gasteiger partial charge in [0, 0.05) is 28.1 Å². The first kappa shape index (κ1) is 34.5. The molecule has 1 unspecified atom stereocenters. The minimum absolute atomic E-state index is 0.0205. The summed E-state index contributed by atoms with van der Waals surface area (Å²) in [7, 11) is 4.43. The topological polar surface area (TPSA) is 140 Å². The highest BCUT2D eigenvalue weighted by Crippen LogP contribution is 2.39. The molecule has 0 bridgehead atoms. The smallest absolute Gasteiger partial charge is 0.272 e. The number of amides is 4. The third kappa shape index (κ3) is 7.99. The number of ketones is 1. The van der Waals surface area contributed by atoms with Crippen molar-refractivity contribution in [1.82, 2.24) is 5.32 Å². The summed E-state index contributed by atoms with van der Waals surface area (Å²) in [6, 6.07) is 24.9. The summed E-state index contributed by atoms with van der Waals surface area (Å²) in [6.07, 6.45) is 1.51. The van der Waals surface area contributed by atoms with Gasteiger partial charge >= 0.3 is 0 Å². The average Bonchev–Trinajstić information content (AvgIpc) is 3.39. The molecule has 0 aliphatic carbocycles. The first-order chi connectivity index (χ1) is 23.6. The van der Waals surface area contributed by atoms with Crippen molar-refractivity contribution in [3.05, 3.63) is 113 Å². The van der Waals surface area contributed by atoms with Gasteiger partial charge in [0.2, 0.25) is 17.6 Å². The van der Waals surface area contributed by atoms with Crippen LogP contribution in [0.3, 0.4) is 0 Å². The number of thioether (sulfide) groups is 1. The van der Waals surface area contributed by atoms with E-state index < -0.39 is 17.1 Å². The molecular weight excluding hydrogens is 646 g/mol. The Kier molecular flexibility index (Phi) is 10.8. The number of carbonyl (C=O) groups is 5. The number of nitrogens with zero attached hydrogens (tertiary/aromatic N) is 1. The van der Waals surface area contributed by atoms with Gasteiger partial charge in [-0.25, -0.2) is 4.90 Å². The first-order valence-corrected chi connectivity index (χ1v) is 15.9. The fraction of sp³-hybridized carbons (Fsp3) is 0.162. The van der Waals surface area contributed by atoms with Gasteiger partial charge in [-0.1, -0.05) is 18.2 Å². The molecule has 4 amide bonds. The Balaban J connectivity index is 1.33. The number of ether oxygens (including phenoxy) is 3. The van der Waals surface area contributed by atoms with Crippen LogP contribution in [0.25, 0.3) is 6.08 Å². The predicted octanol–water partition coefficient (Wildman–Crippen LogP) is 5.75. The normalized spacial score (nSPS) is 14.3. The molecule has 1 atom stereocenters. The quantitative estimate of drug-likeness (QED) is 0.109. The van der Waals surface area contributed by atoms with Crippen LogP contribution in [0.5, 0.6) is 17.2 Å². The maximum atomic E-state index is 13.6. The Bertz CT molecular complexity index is 1900. The average molecular weight is 680 g/mol. The van der Waals surface area contributed by atoms with Crippen molar-refractivity contribution < 1.29 is 38.2 Å². The maximum Gasteiger partial charge on any atom is 0.272 e. The molecule has 4 aromatic rings. The van der Waals surface area contributed by atoms with E-state index in [9.17, 15) is 24.0 Å². The molecule has 1 aliphatic rings. The lowest BCUT2D eigenvalue weighted by atomic mass is 10.1. The molecule has 1 aliphatic heterocycles. The zero-order chi connectivity index (χ0) is 35.1. The number of carbonyl (C=O) groups excluding carboxylic acids is 5. The molecule has 1 saturated heterocycles. The number of methoxy groups -OCH3 is 3. The van der Waals surface area contributed by atoms with E-state index in [1.165, 1.54) is 46.1 Å². The molecule has 11 nitrogen and oxygen atoms in total. The largest absolute Gasteiger partial charge is 0.493 e. The minimum atomic E-state index is -0.637. The fourth-order valence-electron chi connectivity index (χ4n) is 5.09. The van der Waals surface area contributed by atoms with E-state index in [0.717, 1.165) is 4.90 Å². The first-order valence-electron chi connectivity index (χ1n) is 15.1. The molecule has 1 heterocycles. The summed E-state index contributed by atoms with van der Waals surface area (Å²) in [5, 5.41) is 4.87. The van der Waals surface area contributed by atoms with Crippen LogP contribution >= 0.6 is 11.8 Å². The summed E-state index contributed by atoms with van der Waals surface area (Å²) < 4.78 is 16.3. The third-order valence-electron chi connectivity index (χ3n) is 7.55. The molecule has 2 N–H and O–H groups in total. The van der Waals surface area contributed by atoms with Crippen LogP contribution in [-0.4, -0.2) is 56.0 Å². The van der Waals surface area contributed by atoms with E-state index >= 15 is 0 Å². The highest BCUT2D eigenvalue weighted by atomic mass is 32.2. The van der Waals surface area contributed by atoms with Crippen LogP contribution in [0, 0.1) is 0 Å². The van der Waals surface area contributed by atoms with Crippen molar-refractivity contribution in [3.8, 4) is 17.2 Å². The second-order valence-corrected chi connectivity index (χ2v) is 12.1. The lowest BCUT2D eigenvalue weighted by Crippen LogP contribution is -2.31. The molecule has 0 spiro atoms. The summed E-state index contributed by atoms with van der Waals surface area (Å²) in [6.45, 7) is 1.45. The van der Waals surface area contributed by atoms with Gasteiger partial charge in [-0.15, -0.1) is 11.8 Å². The van der Waals surface area contributed by atoms with Gasteiger partial charge in [-0.2, -0.15) is 0 Å². The molecular formula is C37H33N3O8S. The van der Waals surface area contributed by atoms with Crippen molar-refractivity contribution in [2.75, 3.05) is 31.5 Å². The standard InChI is InChI=1S/C37H33N3O8S/c1-22(41)24-10-14-27(15-11-24)40-33(42)21-32(37(40)45)49-28-16-12-26(13-17-28)38-36(44)29(39-35(43)25-8-6-5-7-9-25)18-23-19-30(46-2)34(48-4)31(20-23)47-3/h5-20,32H,21H2,1-4H3,(H,38,44)(H,39,43)/b29-18-. The van der Waals surface area contributed by atoms with E-state index in [0.29, 0.717) is 50.2 Å². The molecule has 250 valence electrons. The van der Waals surface area contributed by atoms with Gasteiger partial charge in [-0.3, -0.25) is 24.0 Å². The summed E-state index contributed by atoms with van der Waals surface area (Å²) in [5.41, 5.74) is 2.14. The summed E-state index contributed by atoms with van der Waals surface area (Å²) in [5.74, 6) is -0.758. The molecule has 49 heavy (non-hydrogen) atoms. The Morgan fingerprint density at radius 3 is 2.02 bits per heavy atom. The van der Waals surface area contributed by atoms with Crippen molar-refractivity contribution in [2.45, 2.75) is 23.5 Å². The van der Waals surface area contributed by atoms with Crippen molar-refractivity contribution in [2.24, 2.45) is 0 Å². The number of nitrogens with one attached hydrogen (secondary N) is 2. The SMILES string of the molecule is COc1cc(/C=C(\NC(=O)c2ccccc2)C(=O)Nc2ccc(SC3CC(=O)N(c4ccc(C(C)=O)cc4)C3=O)cc2)cc(OC)c1OC. The molecule has 0 radical (unpaired) electrons. The number of Topliss-reactive ketones (excluding diaryl/α,β-unsaturated/α-hetero) is 1. The molecule has 12 heteroatoms. The van der Waals surface area contributed by atoms with Crippen molar-refractivity contribution in [3.63, 3.8) is 0 Å². The Morgan fingerprint density at radius 2 is 1.45 bits per heavy atom. The molecule has 0 saturated carbocycles. The number of benzene rings is 4. The molecule has 0 aromatic heterocycles. The van der Waals surface area contributed by atoms with Crippen LogP contribution in [0.1, 0.15) is 39.6 Å². The van der Waals surface area contributed by atoms with Crippen molar-refractivity contribution >= 4 is 58.6 Å². The van der Waals surface area contributed by atoms with Crippen LogP contribution in [0.2, 0.25) is 0 Å².